The van der Waals surface area contributed by atoms with E-state index in [1.165, 1.54) is 38.8 Å². The van der Waals surface area contributed by atoms with Crippen LogP contribution in [0.25, 0.3) is 10.8 Å². The minimum atomic E-state index is -0.140. The van der Waals surface area contributed by atoms with Gasteiger partial charge in [-0.05, 0) is 40.3 Å². The van der Waals surface area contributed by atoms with E-state index >= 15 is 0 Å². The van der Waals surface area contributed by atoms with Gasteiger partial charge in [-0.25, -0.2) is 4.98 Å². The van der Waals surface area contributed by atoms with E-state index in [9.17, 15) is 0 Å². The van der Waals surface area contributed by atoms with Crippen LogP contribution in [0, 0.1) is 0 Å². The van der Waals surface area contributed by atoms with Crippen LogP contribution in [0.15, 0.2) is 72.1 Å². The zero-order valence-corrected chi connectivity index (χ0v) is 14.6. The van der Waals surface area contributed by atoms with Crippen molar-refractivity contribution >= 4 is 27.2 Å². The minimum absolute atomic E-state index is 0.140. The number of nitrogen functional groups attached to an aromatic ring is 1. The molecule has 1 aromatic heterocycles. The van der Waals surface area contributed by atoms with Gasteiger partial charge in [0.1, 0.15) is 0 Å². The summed E-state index contributed by atoms with van der Waals surface area (Å²) in [6.45, 7) is 0. The number of aromatic nitrogens is 1. The van der Waals surface area contributed by atoms with E-state index < -0.39 is 0 Å². The van der Waals surface area contributed by atoms with Crippen LogP contribution in [-0.2, 0) is 18.3 Å². The lowest BCUT2D eigenvalue weighted by Gasteiger charge is -2.29. The quantitative estimate of drug-likeness (QED) is 0.559. The lowest BCUT2D eigenvalue weighted by Crippen LogP contribution is -2.29. The molecule has 4 aromatic rings. The molecule has 0 aliphatic heterocycles. The van der Waals surface area contributed by atoms with Crippen molar-refractivity contribution in [1.29, 1.82) is 0 Å². The van der Waals surface area contributed by atoms with Crippen molar-refractivity contribution in [1.82, 2.24) is 4.98 Å². The second-order valence-electron chi connectivity index (χ2n) is 6.80. The molecule has 122 valence electrons. The second kappa shape index (κ2) is 5.43. The van der Waals surface area contributed by atoms with Gasteiger partial charge in [-0.1, -0.05) is 66.7 Å². The summed E-state index contributed by atoms with van der Waals surface area (Å²) in [4.78, 5) is 4.73. The summed E-state index contributed by atoms with van der Waals surface area (Å²) in [5.74, 6) is 0. The Morgan fingerprint density at radius 2 is 1.52 bits per heavy atom. The fourth-order valence-electron chi connectivity index (χ4n) is 4.27. The van der Waals surface area contributed by atoms with E-state index in [0.717, 1.165) is 18.5 Å². The van der Waals surface area contributed by atoms with E-state index in [1.54, 1.807) is 0 Å². The number of nitrogens with zero attached hydrogens (tertiary/aromatic N) is 1. The summed E-state index contributed by atoms with van der Waals surface area (Å²) in [5, 5.41) is 5.37. The SMILES string of the molecule is Nc1nc(C2(c3cccc4ccccc34)Cc3ccccc3C2)cs1. The number of hydrogen-bond donors (Lipinski definition) is 1. The molecule has 0 saturated heterocycles. The van der Waals surface area contributed by atoms with E-state index in [-0.39, 0.29) is 5.41 Å². The van der Waals surface area contributed by atoms with Crippen molar-refractivity contribution in [2.75, 3.05) is 5.73 Å². The Labute approximate surface area is 151 Å². The lowest BCUT2D eigenvalue weighted by molar-refractivity contribution is 0.539. The first-order chi connectivity index (χ1) is 12.3. The normalized spacial score (nSPS) is 15.4. The summed E-state index contributed by atoms with van der Waals surface area (Å²) < 4.78 is 0. The molecule has 0 spiro atoms. The van der Waals surface area contributed by atoms with E-state index in [1.807, 2.05) is 0 Å². The Morgan fingerprint density at radius 3 is 2.24 bits per heavy atom. The van der Waals surface area contributed by atoms with Crippen molar-refractivity contribution in [3.05, 3.63) is 94.5 Å². The molecule has 0 saturated carbocycles. The molecule has 3 heteroatoms. The Bertz CT molecular complexity index is 1050. The predicted molar refractivity (Wildman–Crippen MR) is 105 cm³/mol. The van der Waals surface area contributed by atoms with Gasteiger partial charge in [0.25, 0.3) is 0 Å². The van der Waals surface area contributed by atoms with Gasteiger partial charge in [0.15, 0.2) is 5.13 Å². The summed E-state index contributed by atoms with van der Waals surface area (Å²) in [5.41, 5.74) is 11.2. The molecule has 0 atom stereocenters. The van der Waals surface area contributed by atoms with Gasteiger partial charge in [0.2, 0.25) is 0 Å². The van der Waals surface area contributed by atoms with Crippen LogP contribution in [0.4, 0.5) is 5.13 Å². The minimum Gasteiger partial charge on any atom is -0.375 e. The second-order valence-corrected chi connectivity index (χ2v) is 7.69. The zero-order valence-electron chi connectivity index (χ0n) is 13.8. The molecule has 2 nitrogen and oxygen atoms in total. The molecule has 1 aliphatic rings. The molecular weight excluding hydrogens is 324 g/mol. The van der Waals surface area contributed by atoms with Crippen molar-refractivity contribution in [3.63, 3.8) is 0 Å². The van der Waals surface area contributed by atoms with Gasteiger partial charge in [-0.3, -0.25) is 0 Å². The van der Waals surface area contributed by atoms with Gasteiger partial charge in [0.05, 0.1) is 5.69 Å². The van der Waals surface area contributed by atoms with Gasteiger partial charge in [-0.2, -0.15) is 0 Å². The lowest BCUT2D eigenvalue weighted by atomic mass is 9.73. The smallest absolute Gasteiger partial charge is 0.180 e. The van der Waals surface area contributed by atoms with Crippen LogP contribution in [0.5, 0.6) is 0 Å². The number of anilines is 1. The highest BCUT2D eigenvalue weighted by Gasteiger charge is 2.42. The first-order valence-corrected chi connectivity index (χ1v) is 9.41. The molecule has 5 rings (SSSR count). The van der Waals surface area contributed by atoms with Gasteiger partial charge < -0.3 is 5.73 Å². The van der Waals surface area contributed by atoms with Gasteiger partial charge in [-0.15, -0.1) is 11.3 Å². The summed E-state index contributed by atoms with van der Waals surface area (Å²) in [6.07, 6.45) is 1.95. The number of rotatable bonds is 2. The third-order valence-electron chi connectivity index (χ3n) is 5.42. The Balaban J connectivity index is 1.80. The van der Waals surface area contributed by atoms with E-state index in [2.05, 4.69) is 72.1 Å². The monoisotopic (exact) mass is 342 g/mol. The number of benzene rings is 3. The van der Waals surface area contributed by atoms with Crippen LogP contribution in [0.3, 0.4) is 0 Å². The maximum absolute atomic E-state index is 6.01. The number of thiazole rings is 1. The number of nitrogens with two attached hydrogens (primary N) is 1. The van der Waals surface area contributed by atoms with Crippen molar-refractivity contribution < 1.29 is 0 Å². The fraction of sp³-hybridized carbons (Fsp3) is 0.136. The van der Waals surface area contributed by atoms with Crippen molar-refractivity contribution in [2.24, 2.45) is 0 Å². The van der Waals surface area contributed by atoms with Crippen LogP contribution in [-0.4, -0.2) is 4.98 Å². The van der Waals surface area contributed by atoms with Crippen LogP contribution in [0.1, 0.15) is 22.4 Å². The average molecular weight is 342 g/mol. The van der Waals surface area contributed by atoms with Gasteiger partial charge in [0, 0.05) is 10.8 Å². The Kier molecular flexibility index (Phi) is 3.19. The molecule has 0 radical (unpaired) electrons. The number of fused-ring (bicyclic) bond motifs is 2. The third kappa shape index (κ3) is 2.19. The molecule has 0 fully saturated rings. The predicted octanol–water partition coefficient (Wildman–Crippen LogP) is 4.96. The third-order valence-corrected chi connectivity index (χ3v) is 6.09. The standard InChI is InChI=1S/C22H18N2S/c23-21-24-20(14-25-21)22(12-16-7-1-2-8-17(16)13-22)19-11-5-9-15-6-3-4-10-18(15)19/h1-11,14H,12-13H2,(H2,23,24). The first-order valence-electron chi connectivity index (χ1n) is 8.53. The molecule has 0 unspecified atom stereocenters. The van der Waals surface area contributed by atoms with Crippen molar-refractivity contribution in [3.8, 4) is 0 Å². The average Bonchev–Trinajstić information content (AvgIpc) is 3.25. The molecule has 2 N–H and O–H groups in total. The molecule has 0 bridgehead atoms. The highest BCUT2D eigenvalue weighted by Crippen LogP contribution is 2.47. The van der Waals surface area contributed by atoms with Crippen molar-refractivity contribution in [2.45, 2.75) is 18.3 Å². The van der Waals surface area contributed by atoms with E-state index in [4.69, 9.17) is 10.7 Å². The number of hydrogen-bond acceptors (Lipinski definition) is 3. The maximum atomic E-state index is 6.01. The fourth-order valence-corrected chi connectivity index (χ4v) is 4.94. The highest BCUT2D eigenvalue weighted by molar-refractivity contribution is 7.13. The molecule has 25 heavy (non-hydrogen) atoms. The topological polar surface area (TPSA) is 38.9 Å². The highest BCUT2D eigenvalue weighted by atomic mass is 32.1. The van der Waals surface area contributed by atoms with Gasteiger partial charge >= 0.3 is 0 Å². The molecule has 1 heterocycles. The molecule has 3 aromatic carbocycles. The van der Waals surface area contributed by atoms with Crippen LogP contribution in [0.2, 0.25) is 0 Å². The first kappa shape index (κ1) is 14.7. The zero-order chi connectivity index (χ0) is 16.9. The summed E-state index contributed by atoms with van der Waals surface area (Å²) in [7, 11) is 0. The Morgan fingerprint density at radius 1 is 0.840 bits per heavy atom. The maximum Gasteiger partial charge on any atom is 0.180 e. The molecule has 0 amide bonds. The molecular formula is C22H18N2S. The largest absolute Gasteiger partial charge is 0.375 e. The van der Waals surface area contributed by atoms with Crippen LogP contribution >= 0.6 is 11.3 Å². The summed E-state index contributed by atoms with van der Waals surface area (Å²) >= 11 is 1.54. The van der Waals surface area contributed by atoms with Crippen LogP contribution < -0.4 is 5.73 Å². The Hall–Kier alpha value is -2.65. The van der Waals surface area contributed by atoms with E-state index in [0.29, 0.717) is 5.13 Å². The molecule has 1 aliphatic carbocycles. The summed E-state index contributed by atoms with van der Waals surface area (Å²) in [6, 6.07) is 24.0.